The van der Waals surface area contributed by atoms with Crippen LogP contribution >= 0.6 is 0 Å². The summed E-state index contributed by atoms with van der Waals surface area (Å²) < 4.78 is 6.61. The average molecular weight is 340 g/mol. The molecule has 0 aromatic heterocycles. The standard InChI is InChI=1S/C21H28N2O2/c1-22-15-6-5-14-16-9-12-3-2-4-18-19(12)21(14,20(15)25-18)7-8-23(16)11-13-10-17(13)24/h2-4,13-17,20,22,24H,5-11H2,1H3/t13?,14-,15-,16+,17?,20-,21-/m0/s1. The summed E-state index contributed by atoms with van der Waals surface area (Å²) in [4.78, 5) is 2.72. The molecule has 2 unspecified atom stereocenters. The smallest absolute Gasteiger partial charge is 0.124 e. The zero-order valence-electron chi connectivity index (χ0n) is 14.9. The Labute approximate surface area is 149 Å². The van der Waals surface area contributed by atoms with E-state index in [-0.39, 0.29) is 11.5 Å². The van der Waals surface area contributed by atoms with E-state index in [0.29, 0.717) is 30.0 Å². The van der Waals surface area contributed by atoms with Crippen molar-refractivity contribution in [2.75, 3.05) is 20.1 Å². The van der Waals surface area contributed by atoms with Crippen LogP contribution in [0.2, 0.25) is 0 Å². The quantitative estimate of drug-likeness (QED) is 0.879. The third-order valence-corrected chi connectivity index (χ3v) is 8.06. The van der Waals surface area contributed by atoms with E-state index in [1.54, 1.807) is 5.56 Å². The first-order valence-corrected chi connectivity index (χ1v) is 10.1. The Hall–Kier alpha value is -1.10. The largest absolute Gasteiger partial charge is 0.488 e. The van der Waals surface area contributed by atoms with Crippen LogP contribution in [0.5, 0.6) is 5.75 Å². The molecule has 134 valence electrons. The molecule has 1 spiro atoms. The fourth-order valence-electron chi connectivity index (χ4n) is 6.85. The molecule has 5 aliphatic rings. The highest BCUT2D eigenvalue weighted by atomic mass is 16.5. The first-order valence-electron chi connectivity index (χ1n) is 10.1. The molecule has 2 N–H and O–H groups in total. The summed E-state index contributed by atoms with van der Waals surface area (Å²) in [6.07, 6.45) is 6.15. The lowest BCUT2D eigenvalue weighted by atomic mass is 9.51. The lowest BCUT2D eigenvalue weighted by Gasteiger charge is -2.59. The fourth-order valence-corrected chi connectivity index (χ4v) is 6.85. The minimum atomic E-state index is -0.0408. The predicted molar refractivity (Wildman–Crippen MR) is 95.9 cm³/mol. The third kappa shape index (κ3) is 1.83. The molecule has 6 rings (SSSR count). The van der Waals surface area contributed by atoms with Gasteiger partial charge >= 0.3 is 0 Å². The number of benzene rings is 1. The fraction of sp³-hybridized carbons (Fsp3) is 0.714. The highest BCUT2D eigenvalue weighted by Crippen LogP contribution is 2.62. The van der Waals surface area contributed by atoms with Crippen LogP contribution in [0.3, 0.4) is 0 Å². The van der Waals surface area contributed by atoms with E-state index in [2.05, 4.69) is 35.5 Å². The first kappa shape index (κ1) is 15.0. The normalized spacial score (nSPS) is 46.5. The maximum Gasteiger partial charge on any atom is 0.124 e. The molecule has 7 atom stereocenters. The maximum absolute atomic E-state index is 9.83. The molecule has 1 saturated heterocycles. The average Bonchev–Trinajstić information content (AvgIpc) is 3.20. The summed E-state index contributed by atoms with van der Waals surface area (Å²) in [6.45, 7) is 2.25. The Balaban J connectivity index is 1.45. The molecule has 0 radical (unpaired) electrons. The van der Waals surface area contributed by atoms with E-state index >= 15 is 0 Å². The van der Waals surface area contributed by atoms with Crippen LogP contribution in [-0.4, -0.2) is 54.4 Å². The second-order valence-corrected chi connectivity index (χ2v) is 9.03. The van der Waals surface area contributed by atoms with Crippen molar-refractivity contribution in [2.24, 2.45) is 11.8 Å². The number of nitrogens with zero attached hydrogens (tertiary/aromatic N) is 1. The number of piperidine rings is 1. The number of aliphatic hydroxyl groups excluding tert-OH is 1. The van der Waals surface area contributed by atoms with Crippen molar-refractivity contribution in [3.8, 4) is 5.75 Å². The summed E-state index contributed by atoms with van der Waals surface area (Å²) in [5.74, 6) is 2.40. The van der Waals surface area contributed by atoms with Crippen molar-refractivity contribution in [2.45, 2.75) is 61.8 Å². The maximum atomic E-state index is 9.83. The number of hydrogen-bond acceptors (Lipinski definition) is 4. The lowest BCUT2D eigenvalue weighted by molar-refractivity contribution is -0.0656. The molecule has 2 saturated carbocycles. The molecule has 4 heteroatoms. The number of ether oxygens (including phenoxy) is 1. The van der Waals surface area contributed by atoms with Gasteiger partial charge in [0.05, 0.1) is 6.10 Å². The molecule has 3 aliphatic carbocycles. The van der Waals surface area contributed by atoms with Crippen LogP contribution < -0.4 is 10.1 Å². The van der Waals surface area contributed by atoms with Gasteiger partial charge in [0.2, 0.25) is 0 Å². The van der Waals surface area contributed by atoms with Crippen LogP contribution in [0.4, 0.5) is 0 Å². The van der Waals surface area contributed by atoms with E-state index in [4.69, 9.17) is 4.74 Å². The molecule has 4 nitrogen and oxygen atoms in total. The molecule has 1 aromatic carbocycles. The van der Waals surface area contributed by atoms with Crippen LogP contribution in [0.1, 0.15) is 36.8 Å². The molecule has 0 amide bonds. The highest BCUT2D eigenvalue weighted by molar-refractivity contribution is 5.55. The first-order chi connectivity index (χ1) is 12.2. The Morgan fingerprint density at radius 2 is 2.24 bits per heavy atom. The van der Waals surface area contributed by atoms with Crippen molar-refractivity contribution in [1.29, 1.82) is 0 Å². The summed E-state index contributed by atoms with van der Waals surface area (Å²) in [6, 6.07) is 7.82. The van der Waals surface area contributed by atoms with E-state index in [1.165, 1.54) is 37.0 Å². The van der Waals surface area contributed by atoms with Gasteiger partial charge in [-0.1, -0.05) is 12.1 Å². The lowest BCUT2D eigenvalue weighted by Crippen LogP contribution is -2.68. The van der Waals surface area contributed by atoms with Crippen molar-refractivity contribution in [3.63, 3.8) is 0 Å². The topological polar surface area (TPSA) is 44.7 Å². The molecule has 1 aromatic rings. The Bertz CT molecular complexity index is 722. The molecule has 25 heavy (non-hydrogen) atoms. The van der Waals surface area contributed by atoms with Gasteiger partial charge in [-0.25, -0.2) is 0 Å². The van der Waals surface area contributed by atoms with Gasteiger partial charge < -0.3 is 15.2 Å². The molecular formula is C21H28N2O2. The van der Waals surface area contributed by atoms with Crippen LogP contribution in [0.15, 0.2) is 18.2 Å². The third-order valence-electron chi connectivity index (χ3n) is 8.06. The van der Waals surface area contributed by atoms with E-state index in [9.17, 15) is 5.11 Å². The molecule has 2 bridgehead atoms. The Kier molecular flexibility index (Phi) is 3.00. The van der Waals surface area contributed by atoms with Gasteiger partial charge in [0, 0.05) is 35.5 Å². The van der Waals surface area contributed by atoms with Gasteiger partial charge in [-0.05, 0) is 63.2 Å². The van der Waals surface area contributed by atoms with Crippen molar-refractivity contribution < 1.29 is 9.84 Å². The van der Waals surface area contributed by atoms with E-state index in [0.717, 1.165) is 19.5 Å². The molecule has 3 fully saturated rings. The van der Waals surface area contributed by atoms with Crippen LogP contribution in [0, 0.1) is 11.8 Å². The molecule has 2 heterocycles. The van der Waals surface area contributed by atoms with Crippen molar-refractivity contribution in [3.05, 3.63) is 29.3 Å². The number of likely N-dealkylation sites (N-methyl/N-ethyl adjacent to an activating group) is 1. The van der Waals surface area contributed by atoms with Gasteiger partial charge in [0.15, 0.2) is 0 Å². The Morgan fingerprint density at radius 1 is 1.36 bits per heavy atom. The second kappa shape index (κ2) is 4.99. The zero-order valence-corrected chi connectivity index (χ0v) is 14.9. The summed E-state index contributed by atoms with van der Waals surface area (Å²) >= 11 is 0. The van der Waals surface area contributed by atoms with E-state index in [1.807, 2.05) is 0 Å². The molecule has 2 aliphatic heterocycles. The SMILES string of the molecule is CN[C@H]1CC[C@H]2[C@H]3Cc4cccc5c4[C@@]2(CCN3CC2CC2O)[C@H]1O5. The second-order valence-electron chi connectivity index (χ2n) is 9.03. The number of nitrogens with one attached hydrogen (secondary N) is 1. The van der Waals surface area contributed by atoms with Crippen molar-refractivity contribution >= 4 is 0 Å². The number of aliphatic hydroxyl groups is 1. The van der Waals surface area contributed by atoms with Gasteiger partial charge in [0.25, 0.3) is 0 Å². The van der Waals surface area contributed by atoms with Gasteiger partial charge in [-0.3, -0.25) is 4.90 Å². The van der Waals surface area contributed by atoms with Crippen LogP contribution in [0.25, 0.3) is 0 Å². The minimum absolute atomic E-state index is 0.0408. The van der Waals surface area contributed by atoms with Gasteiger partial charge in [-0.2, -0.15) is 0 Å². The monoisotopic (exact) mass is 340 g/mol. The summed E-state index contributed by atoms with van der Waals surface area (Å²) in [5.41, 5.74) is 3.31. The predicted octanol–water partition coefficient (Wildman–Crippen LogP) is 1.69. The Morgan fingerprint density at radius 3 is 3.04 bits per heavy atom. The van der Waals surface area contributed by atoms with E-state index < -0.39 is 0 Å². The van der Waals surface area contributed by atoms with Crippen LogP contribution in [-0.2, 0) is 11.8 Å². The van der Waals surface area contributed by atoms with Crippen molar-refractivity contribution in [1.82, 2.24) is 10.2 Å². The molecular weight excluding hydrogens is 312 g/mol. The summed E-state index contributed by atoms with van der Waals surface area (Å²) in [5, 5.41) is 13.4. The number of rotatable bonds is 3. The van der Waals surface area contributed by atoms with Gasteiger partial charge in [-0.15, -0.1) is 0 Å². The van der Waals surface area contributed by atoms with Gasteiger partial charge in [0.1, 0.15) is 11.9 Å². The minimum Gasteiger partial charge on any atom is -0.488 e. The number of likely N-dealkylation sites (tertiary alicyclic amines) is 1. The highest BCUT2D eigenvalue weighted by Gasteiger charge is 2.65. The zero-order chi connectivity index (χ0) is 16.8. The number of hydrogen-bond donors (Lipinski definition) is 2. The summed E-state index contributed by atoms with van der Waals surface area (Å²) in [7, 11) is 2.10.